The molecule has 2 N–H and O–H groups in total. The van der Waals surface area contributed by atoms with Gasteiger partial charge in [0.1, 0.15) is 24.0 Å². The molecule has 2 aromatic rings. The summed E-state index contributed by atoms with van der Waals surface area (Å²) in [7, 11) is 0. The van der Waals surface area contributed by atoms with E-state index in [1.165, 1.54) is 0 Å². The van der Waals surface area contributed by atoms with Crippen LogP contribution >= 0.6 is 0 Å². The highest BCUT2D eigenvalue weighted by atomic mass is 16.5. The van der Waals surface area contributed by atoms with Crippen molar-refractivity contribution >= 4 is 5.69 Å². The molecule has 0 saturated carbocycles. The van der Waals surface area contributed by atoms with E-state index < -0.39 is 0 Å². The van der Waals surface area contributed by atoms with Gasteiger partial charge in [-0.2, -0.15) is 5.26 Å². The van der Waals surface area contributed by atoms with E-state index in [4.69, 9.17) is 15.7 Å². The SMILES string of the molecule is CC(C)(C)c1ccc(C#N)c(=O)n1CCOc1ccc(N)cc1. The van der Waals surface area contributed by atoms with Crippen LogP contribution in [-0.2, 0) is 12.0 Å². The number of hydrogen-bond acceptors (Lipinski definition) is 4. The molecule has 0 radical (unpaired) electrons. The zero-order valence-corrected chi connectivity index (χ0v) is 13.7. The van der Waals surface area contributed by atoms with Gasteiger partial charge in [0.05, 0.1) is 6.54 Å². The molecule has 0 spiro atoms. The number of aromatic nitrogens is 1. The van der Waals surface area contributed by atoms with E-state index >= 15 is 0 Å². The predicted molar refractivity (Wildman–Crippen MR) is 90.5 cm³/mol. The Morgan fingerprint density at radius 2 is 1.83 bits per heavy atom. The molecule has 0 amide bonds. The number of ether oxygens (including phenoxy) is 1. The van der Waals surface area contributed by atoms with E-state index in [0.717, 1.165) is 5.69 Å². The molecule has 0 unspecified atom stereocenters. The fourth-order valence-electron chi connectivity index (χ4n) is 2.36. The Kier molecular flexibility index (Phi) is 4.75. The van der Waals surface area contributed by atoms with Crippen molar-refractivity contribution < 1.29 is 4.74 Å². The molecule has 0 atom stereocenters. The lowest BCUT2D eigenvalue weighted by atomic mass is 9.91. The highest BCUT2D eigenvalue weighted by molar-refractivity contribution is 5.41. The number of benzene rings is 1. The Labute approximate surface area is 135 Å². The van der Waals surface area contributed by atoms with Gasteiger partial charge in [0.2, 0.25) is 0 Å². The molecule has 1 aromatic carbocycles. The maximum absolute atomic E-state index is 12.4. The van der Waals surface area contributed by atoms with Crippen molar-refractivity contribution in [1.29, 1.82) is 5.26 Å². The van der Waals surface area contributed by atoms with E-state index in [1.54, 1.807) is 34.9 Å². The molecule has 0 bridgehead atoms. The molecule has 120 valence electrons. The Balaban J connectivity index is 2.22. The Bertz CT molecular complexity index is 778. The third-order valence-corrected chi connectivity index (χ3v) is 3.53. The van der Waals surface area contributed by atoms with E-state index in [2.05, 4.69) is 0 Å². The van der Waals surface area contributed by atoms with Crippen LogP contribution in [0, 0.1) is 11.3 Å². The number of nitrogens with two attached hydrogens (primary N) is 1. The second kappa shape index (κ2) is 6.57. The standard InChI is InChI=1S/C18H21N3O2/c1-18(2,3)16-9-4-13(12-19)17(22)21(16)10-11-23-15-7-5-14(20)6-8-15/h4-9H,10-11,20H2,1-3H3. The molecular weight excluding hydrogens is 290 g/mol. The highest BCUT2D eigenvalue weighted by Gasteiger charge is 2.20. The molecule has 0 aliphatic heterocycles. The molecule has 0 saturated heterocycles. The quantitative estimate of drug-likeness (QED) is 0.880. The first-order valence-corrected chi connectivity index (χ1v) is 7.45. The maximum Gasteiger partial charge on any atom is 0.268 e. The summed E-state index contributed by atoms with van der Waals surface area (Å²) in [6.45, 7) is 6.81. The van der Waals surface area contributed by atoms with Gasteiger partial charge in [-0.25, -0.2) is 0 Å². The fourth-order valence-corrected chi connectivity index (χ4v) is 2.36. The van der Waals surface area contributed by atoms with Gasteiger partial charge in [0.15, 0.2) is 0 Å². The summed E-state index contributed by atoms with van der Waals surface area (Å²) in [6, 6.07) is 12.5. The summed E-state index contributed by atoms with van der Waals surface area (Å²) in [5.74, 6) is 0.695. The largest absolute Gasteiger partial charge is 0.492 e. The van der Waals surface area contributed by atoms with Gasteiger partial charge in [0, 0.05) is 16.8 Å². The number of hydrogen-bond donors (Lipinski definition) is 1. The molecule has 0 fully saturated rings. The van der Waals surface area contributed by atoms with Crippen LogP contribution < -0.4 is 16.0 Å². The van der Waals surface area contributed by atoms with Gasteiger partial charge in [-0.05, 0) is 36.4 Å². The minimum absolute atomic E-state index is 0.144. The van der Waals surface area contributed by atoms with Crippen molar-refractivity contribution in [2.75, 3.05) is 12.3 Å². The lowest BCUT2D eigenvalue weighted by Gasteiger charge is -2.24. The average Bonchev–Trinajstić information content (AvgIpc) is 2.49. The average molecular weight is 311 g/mol. The summed E-state index contributed by atoms with van der Waals surface area (Å²) in [5.41, 5.74) is 6.85. The highest BCUT2D eigenvalue weighted by Crippen LogP contribution is 2.21. The third kappa shape index (κ3) is 3.92. The normalized spacial score (nSPS) is 11.0. The zero-order chi connectivity index (χ0) is 17.0. The van der Waals surface area contributed by atoms with Gasteiger partial charge in [-0.15, -0.1) is 0 Å². The summed E-state index contributed by atoms with van der Waals surface area (Å²) >= 11 is 0. The predicted octanol–water partition coefficient (Wildman–Crippen LogP) is 2.68. The van der Waals surface area contributed by atoms with Gasteiger partial charge in [-0.1, -0.05) is 20.8 Å². The summed E-state index contributed by atoms with van der Waals surface area (Å²) in [5, 5.41) is 9.06. The Morgan fingerprint density at radius 3 is 2.39 bits per heavy atom. The van der Waals surface area contributed by atoms with Gasteiger partial charge in [0.25, 0.3) is 5.56 Å². The lowest BCUT2D eigenvalue weighted by Crippen LogP contribution is -2.32. The second-order valence-corrected chi connectivity index (χ2v) is 6.37. The van der Waals surface area contributed by atoms with Crippen molar-refractivity contribution in [3.05, 3.63) is 58.0 Å². The topological polar surface area (TPSA) is 81.0 Å². The van der Waals surface area contributed by atoms with Gasteiger partial charge < -0.3 is 15.0 Å². The molecule has 2 rings (SSSR count). The van der Waals surface area contributed by atoms with E-state index in [1.807, 2.05) is 32.9 Å². The van der Waals surface area contributed by atoms with Crippen molar-refractivity contribution in [2.24, 2.45) is 0 Å². The number of pyridine rings is 1. The van der Waals surface area contributed by atoms with E-state index in [9.17, 15) is 4.79 Å². The van der Waals surface area contributed by atoms with Gasteiger partial charge >= 0.3 is 0 Å². The number of nitrogens with zero attached hydrogens (tertiary/aromatic N) is 2. The number of nitriles is 1. The molecule has 0 aliphatic carbocycles. The molecule has 1 heterocycles. The van der Waals surface area contributed by atoms with Crippen LogP contribution in [0.5, 0.6) is 5.75 Å². The van der Waals surface area contributed by atoms with E-state index in [0.29, 0.717) is 24.6 Å². The smallest absolute Gasteiger partial charge is 0.268 e. The van der Waals surface area contributed by atoms with Crippen molar-refractivity contribution in [1.82, 2.24) is 4.57 Å². The molecule has 5 nitrogen and oxygen atoms in total. The Morgan fingerprint density at radius 1 is 1.17 bits per heavy atom. The molecule has 23 heavy (non-hydrogen) atoms. The summed E-state index contributed by atoms with van der Waals surface area (Å²) < 4.78 is 7.28. The first kappa shape index (κ1) is 16.6. The first-order valence-electron chi connectivity index (χ1n) is 7.45. The summed E-state index contributed by atoms with van der Waals surface area (Å²) in [4.78, 5) is 12.4. The lowest BCUT2D eigenvalue weighted by molar-refractivity contribution is 0.290. The molecule has 5 heteroatoms. The fraction of sp³-hybridized carbons (Fsp3) is 0.333. The van der Waals surface area contributed by atoms with Crippen LogP contribution in [0.1, 0.15) is 32.0 Å². The molecular formula is C18H21N3O2. The van der Waals surface area contributed by atoms with Crippen LogP contribution in [0.3, 0.4) is 0 Å². The minimum Gasteiger partial charge on any atom is -0.492 e. The van der Waals surface area contributed by atoms with Crippen molar-refractivity contribution in [2.45, 2.75) is 32.7 Å². The number of rotatable bonds is 4. The van der Waals surface area contributed by atoms with Crippen LogP contribution in [-0.4, -0.2) is 11.2 Å². The second-order valence-electron chi connectivity index (χ2n) is 6.37. The van der Waals surface area contributed by atoms with Crippen LogP contribution in [0.4, 0.5) is 5.69 Å². The number of anilines is 1. The van der Waals surface area contributed by atoms with E-state index in [-0.39, 0.29) is 16.5 Å². The Hall–Kier alpha value is -2.74. The minimum atomic E-state index is -0.277. The van der Waals surface area contributed by atoms with Crippen molar-refractivity contribution in [3.8, 4) is 11.8 Å². The molecule has 1 aromatic heterocycles. The van der Waals surface area contributed by atoms with Gasteiger partial charge in [-0.3, -0.25) is 4.79 Å². The monoisotopic (exact) mass is 311 g/mol. The van der Waals surface area contributed by atoms with Crippen LogP contribution in [0.25, 0.3) is 0 Å². The number of nitrogen functional groups attached to an aromatic ring is 1. The summed E-state index contributed by atoms with van der Waals surface area (Å²) in [6.07, 6.45) is 0. The zero-order valence-electron chi connectivity index (χ0n) is 13.7. The molecule has 0 aliphatic rings. The third-order valence-electron chi connectivity index (χ3n) is 3.53. The first-order chi connectivity index (χ1) is 10.8. The van der Waals surface area contributed by atoms with Crippen LogP contribution in [0.15, 0.2) is 41.2 Å². The van der Waals surface area contributed by atoms with Crippen molar-refractivity contribution in [3.63, 3.8) is 0 Å². The van der Waals surface area contributed by atoms with Crippen LogP contribution in [0.2, 0.25) is 0 Å². The maximum atomic E-state index is 12.4.